The molecule has 1 N–H and O–H groups in total. The third kappa shape index (κ3) is 3.70. The molecule has 0 saturated carbocycles. The summed E-state index contributed by atoms with van der Waals surface area (Å²) in [6.07, 6.45) is 1.21. The van der Waals surface area contributed by atoms with Gasteiger partial charge in [-0.2, -0.15) is 0 Å². The molecule has 0 atom stereocenters. The molecular weight excluding hydrogens is 322 g/mol. The predicted molar refractivity (Wildman–Crippen MR) is 84.8 cm³/mol. The van der Waals surface area contributed by atoms with Crippen molar-refractivity contribution in [1.29, 1.82) is 0 Å². The molecule has 1 aromatic carbocycles. The average Bonchev–Trinajstić information content (AvgIpc) is 2.46. The van der Waals surface area contributed by atoms with Crippen LogP contribution in [0.15, 0.2) is 28.8 Å². The summed E-state index contributed by atoms with van der Waals surface area (Å²) in [5, 5.41) is 2.82. The van der Waals surface area contributed by atoms with Crippen LogP contribution >= 0.6 is 12.6 Å². The summed E-state index contributed by atoms with van der Waals surface area (Å²) in [6.45, 7) is 2.96. The molecule has 0 aliphatic carbocycles. The minimum Gasteiger partial charge on any atom is -0.493 e. The van der Waals surface area contributed by atoms with Gasteiger partial charge in [0.2, 0.25) is 0 Å². The number of esters is 2. The predicted octanol–water partition coefficient (Wildman–Crippen LogP) is 2.12. The first-order valence-electron chi connectivity index (χ1n) is 6.66. The first kappa shape index (κ1) is 17.0. The molecule has 0 amide bonds. The van der Waals surface area contributed by atoms with Gasteiger partial charge >= 0.3 is 11.9 Å². The molecule has 8 heteroatoms. The molecule has 7 nitrogen and oxygen atoms in total. The summed E-state index contributed by atoms with van der Waals surface area (Å²) in [5.41, 5.74) is 0.274. The van der Waals surface area contributed by atoms with E-state index in [2.05, 4.69) is 17.9 Å². The van der Waals surface area contributed by atoms with Crippen LogP contribution in [0.3, 0.4) is 0 Å². The summed E-state index contributed by atoms with van der Waals surface area (Å²) in [5.74, 6) is -1.82. The van der Waals surface area contributed by atoms with E-state index >= 15 is 0 Å². The van der Waals surface area contributed by atoms with Crippen LogP contribution in [0.2, 0.25) is 0 Å². The first-order valence-corrected chi connectivity index (χ1v) is 7.10. The van der Waals surface area contributed by atoms with Crippen molar-refractivity contribution < 1.29 is 28.5 Å². The van der Waals surface area contributed by atoms with Crippen LogP contribution in [0.1, 0.15) is 13.8 Å². The fraction of sp³-hybridized carbons (Fsp3) is 0.333. The Kier molecular flexibility index (Phi) is 4.74. The maximum Gasteiger partial charge on any atom is 0.350 e. The summed E-state index contributed by atoms with van der Waals surface area (Å²) < 4.78 is 20.4. The molecule has 1 aromatic rings. The number of benzene rings is 1. The zero-order valence-corrected chi connectivity index (χ0v) is 14.0. The van der Waals surface area contributed by atoms with E-state index in [9.17, 15) is 9.59 Å². The SMILES string of the molecule is COc1cc(S)c(NC=C2C(=O)OC(C)(C)OC2=O)cc1OC. The van der Waals surface area contributed by atoms with Crippen molar-refractivity contribution in [2.24, 2.45) is 0 Å². The van der Waals surface area contributed by atoms with Crippen LogP contribution in [0.5, 0.6) is 11.5 Å². The van der Waals surface area contributed by atoms with Gasteiger partial charge in [0.1, 0.15) is 0 Å². The van der Waals surface area contributed by atoms with Crippen molar-refractivity contribution in [2.45, 2.75) is 24.5 Å². The van der Waals surface area contributed by atoms with E-state index in [1.54, 1.807) is 12.1 Å². The van der Waals surface area contributed by atoms with E-state index < -0.39 is 17.7 Å². The van der Waals surface area contributed by atoms with E-state index in [4.69, 9.17) is 18.9 Å². The highest BCUT2D eigenvalue weighted by Crippen LogP contribution is 2.35. The molecule has 1 heterocycles. The molecule has 0 radical (unpaired) electrons. The molecule has 1 aliphatic heterocycles. The molecule has 1 aliphatic rings. The van der Waals surface area contributed by atoms with E-state index in [-0.39, 0.29) is 5.57 Å². The molecule has 0 unspecified atom stereocenters. The molecule has 0 spiro atoms. The van der Waals surface area contributed by atoms with Crippen LogP contribution in [0, 0.1) is 0 Å². The van der Waals surface area contributed by atoms with Gasteiger partial charge in [0.05, 0.1) is 19.9 Å². The molecule has 1 fully saturated rings. The average molecular weight is 339 g/mol. The van der Waals surface area contributed by atoms with Crippen molar-refractivity contribution in [3.8, 4) is 11.5 Å². The minimum absolute atomic E-state index is 0.244. The van der Waals surface area contributed by atoms with Crippen LogP contribution in [0.25, 0.3) is 0 Å². The van der Waals surface area contributed by atoms with Gasteiger partial charge in [0, 0.05) is 31.0 Å². The number of hydrogen-bond donors (Lipinski definition) is 2. The maximum atomic E-state index is 11.9. The second-order valence-electron chi connectivity index (χ2n) is 5.11. The Morgan fingerprint density at radius 3 is 2.13 bits per heavy atom. The zero-order valence-electron chi connectivity index (χ0n) is 13.1. The van der Waals surface area contributed by atoms with Crippen molar-refractivity contribution >= 4 is 30.3 Å². The van der Waals surface area contributed by atoms with E-state index in [0.29, 0.717) is 22.1 Å². The number of carbonyl (C=O) groups is 2. The van der Waals surface area contributed by atoms with Crippen LogP contribution in [-0.4, -0.2) is 31.9 Å². The highest BCUT2D eigenvalue weighted by atomic mass is 32.1. The lowest BCUT2D eigenvalue weighted by Crippen LogP contribution is -2.42. The Balaban J connectivity index is 2.26. The number of methoxy groups -OCH3 is 2. The third-order valence-electron chi connectivity index (χ3n) is 2.99. The van der Waals surface area contributed by atoms with Gasteiger partial charge in [-0.25, -0.2) is 9.59 Å². The number of ether oxygens (including phenoxy) is 4. The monoisotopic (exact) mass is 339 g/mol. The molecule has 0 aromatic heterocycles. The Morgan fingerprint density at radius 2 is 1.61 bits per heavy atom. The molecule has 0 bridgehead atoms. The van der Waals surface area contributed by atoms with E-state index in [1.165, 1.54) is 34.3 Å². The van der Waals surface area contributed by atoms with Crippen LogP contribution in [-0.2, 0) is 19.1 Å². The highest BCUT2D eigenvalue weighted by Gasteiger charge is 2.38. The molecule has 2 rings (SSSR count). The standard InChI is InChI=1S/C15H17NO6S/c1-15(2)21-13(17)8(14(18)22-15)7-16-9-5-10(19-3)11(20-4)6-12(9)23/h5-7,16,23H,1-4H3. The van der Waals surface area contributed by atoms with Gasteiger partial charge in [0.25, 0.3) is 5.79 Å². The lowest BCUT2D eigenvalue weighted by molar-refractivity contribution is -0.222. The Labute approximate surface area is 139 Å². The molecule has 1 saturated heterocycles. The fourth-order valence-corrected chi connectivity index (χ4v) is 2.16. The summed E-state index contributed by atoms with van der Waals surface area (Å²) >= 11 is 4.32. The summed E-state index contributed by atoms with van der Waals surface area (Å²) in [4.78, 5) is 24.2. The topological polar surface area (TPSA) is 83.1 Å². The second kappa shape index (κ2) is 6.41. The van der Waals surface area contributed by atoms with Crippen LogP contribution < -0.4 is 14.8 Å². The third-order valence-corrected chi connectivity index (χ3v) is 3.36. The summed E-state index contributed by atoms with van der Waals surface area (Å²) in [7, 11) is 3.01. The smallest absolute Gasteiger partial charge is 0.350 e. The van der Waals surface area contributed by atoms with Crippen molar-refractivity contribution in [2.75, 3.05) is 19.5 Å². The fourth-order valence-electron chi connectivity index (χ4n) is 1.91. The maximum absolute atomic E-state index is 11.9. The van der Waals surface area contributed by atoms with Crippen LogP contribution in [0.4, 0.5) is 5.69 Å². The first-order chi connectivity index (χ1) is 10.8. The quantitative estimate of drug-likeness (QED) is 0.376. The van der Waals surface area contributed by atoms with Gasteiger partial charge in [-0.1, -0.05) is 0 Å². The van der Waals surface area contributed by atoms with E-state index in [1.807, 2.05) is 0 Å². The second-order valence-corrected chi connectivity index (χ2v) is 5.59. The highest BCUT2D eigenvalue weighted by molar-refractivity contribution is 7.80. The normalized spacial score (nSPS) is 16.3. The Morgan fingerprint density at radius 1 is 1.09 bits per heavy atom. The number of rotatable bonds is 4. The Bertz CT molecular complexity index is 661. The number of thiol groups is 1. The van der Waals surface area contributed by atoms with Gasteiger partial charge in [-0.15, -0.1) is 12.6 Å². The lowest BCUT2D eigenvalue weighted by atomic mass is 10.2. The van der Waals surface area contributed by atoms with E-state index in [0.717, 1.165) is 0 Å². The molecular formula is C15H17NO6S. The number of nitrogens with one attached hydrogen (secondary N) is 1. The number of hydrogen-bond acceptors (Lipinski definition) is 8. The largest absolute Gasteiger partial charge is 0.493 e. The number of cyclic esters (lactones) is 2. The van der Waals surface area contributed by atoms with Gasteiger partial charge in [-0.3, -0.25) is 0 Å². The summed E-state index contributed by atoms with van der Waals surface area (Å²) in [6, 6.07) is 3.27. The molecule has 124 valence electrons. The number of carbonyl (C=O) groups excluding carboxylic acids is 2. The zero-order chi connectivity index (χ0) is 17.2. The number of anilines is 1. The van der Waals surface area contributed by atoms with Gasteiger partial charge in [-0.05, 0) is 6.07 Å². The van der Waals surface area contributed by atoms with Crippen molar-refractivity contribution in [3.05, 3.63) is 23.9 Å². The van der Waals surface area contributed by atoms with Gasteiger partial charge < -0.3 is 24.3 Å². The van der Waals surface area contributed by atoms with Crippen molar-refractivity contribution in [1.82, 2.24) is 0 Å². The Hall–Kier alpha value is -2.35. The molecule has 23 heavy (non-hydrogen) atoms. The lowest BCUT2D eigenvalue weighted by Gasteiger charge is -2.29. The van der Waals surface area contributed by atoms with Crippen molar-refractivity contribution in [3.63, 3.8) is 0 Å². The van der Waals surface area contributed by atoms with Gasteiger partial charge in [0.15, 0.2) is 17.1 Å². The minimum atomic E-state index is -1.27.